The minimum Gasteiger partial charge on any atom is -0.383 e. The Morgan fingerprint density at radius 2 is 1.78 bits per heavy atom. The third kappa shape index (κ3) is 5.79. The molecule has 0 saturated heterocycles. The molecule has 2 aromatic rings. The highest BCUT2D eigenvalue weighted by Crippen LogP contribution is 2.18. The molecule has 0 aliphatic rings. The minimum atomic E-state index is -0.364. The molecule has 1 heterocycles. The molecule has 0 radical (unpaired) electrons. The van der Waals surface area contributed by atoms with E-state index in [9.17, 15) is 9.59 Å². The standard InChI is InChI=1S/C20H26N4O3/c1-4-24(5-2)17-8-6-16(7-9-17)23-20(26)18-14-15(10-11-21-18)19(25)22-12-13-27-3/h6-11,14H,4-5,12-13H2,1-3H3,(H,22,25)(H,23,26). The molecule has 0 spiro atoms. The lowest BCUT2D eigenvalue weighted by atomic mass is 10.2. The van der Waals surface area contributed by atoms with E-state index in [-0.39, 0.29) is 17.5 Å². The lowest BCUT2D eigenvalue weighted by molar-refractivity contribution is 0.0937. The molecule has 2 amide bonds. The lowest BCUT2D eigenvalue weighted by Gasteiger charge is -2.21. The zero-order chi connectivity index (χ0) is 19.6. The maximum absolute atomic E-state index is 12.4. The van der Waals surface area contributed by atoms with Crippen molar-refractivity contribution < 1.29 is 14.3 Å². The molecule has 0 fully saturated rings. The zero-order valence-electron chi connectivity index (χ0n) is 16.0. The molecule has 27 heavy (non-hydrogen) atoms. The van der Waals surface area contributed by atoms with E-state index in [1.165, 1.54) is 12.3 Å². The van der Waals surface area contributed by atoms with Crippen molar-refractivity contribution in [3.8, 4) is 0 Å². The Morgan fingerprint density at radius 3 is 2.41 bits per heavy atom. The number of ether oxygens (including phenoxy) is 1. The summed E-state index contributed by atoms with van der Waals surface area (Å²) in [5.41, 5.74) is 2.34. The van der Waals surface area contributed by atoms with Gasteiger partial charge in [-0.25, -0.2) is 0 Å². The van der Waals surface area contributed by atoms with Gasteiger partial charge in [0.2, 0.25) is 0 Å². The number of nitrogens with zero attached hydrogens (tertiary/aromatic N) is 2. The van der Waals surface area contributed by atoms with E-state index in [0.717, 1.165) is 18.8 Å². The van der Waals surface area contributed by atoms with E-state index in [1.807, 2.05) is 24.3 Å². The lowest BCUT2D eigenvalue weighted by Crippen LogP contribution is -2.27. The zero-order valence-corrected chi connectivity index (χ0v) is 16.0. The smallest absolute Gasteiger partial charge is 0.274 e. The first-order valence-corrected chi connectivity index (χ1v) is 8.98. The van der Waals surface area contributed by atoms with Crippen molar-refractivity contribution in [3.05, 3.63) is 53.9 Å². The monoisotopic (exact) mass is 370 g/mol. The summed E-state index contributed by atoms with van der Waals surface area (Å²) in [6.45, 7) is 6.87. The topological polar surface area (TPSA) is 83.6 Å². The van der Waals surface area contributed by atoms with E-state index >= 15 is 0 Å². The van der Waals surface area contributed by atoms with Crippen molar-refractivity contribution in [2.75, 3.05) is 43.6 Å². The van der Waals surface area contributed by atoms with Crippen molar-refractivity contribution in [1.82, 2.24) is 10.3 Å². The van der Waals surface area contributed by atoms with Crippen LogP contribution >= 0.6 is 0 Å². The van der Waals surface area contributed by atoms with Gasteiger partial charge in [0.25, 0.3) is 11.8 Å². The molecule has 0 bridgehead atoms. The first kappa shape index (κ1) is 20.4. The van der Waals surface area contributed by atoms with Crippen LogP contribution in [-0.4, -0.2) is 50.1 Å². The number of aromatic nitrogens is 1. The molecule has 7 nitrogen and oxygen atoms in total. The molecule has 2 N–H and O–H groups in total. The fourth-order valence-corrected chi connectivity index (χ4v) is 2.60. The number of carbonyl (C=O) groups excluding carboxylic acids is 2. The number of rotatable bonds is 9. The van der Waals surface area contributed by atoms with Gasteiger partial charge in [0.15, 0.2) is 0 Å². The van der Waals surface area contributed by atoms with Crippen LogP contribution in [0, 0.1) is 0 Å². The molecule has 2 rings (SSSR count). The van der Waals surface area contributed by atoms with Crippen molar-refractivity contribution in [2.45, 2.75) is 13.8 Å². The maximum atomic E-state index is 12.4. The highest BCUT2D eigenvalue weighted by molar-refractivity contribution is 6.04. The van der Waals surface area contributed by atoms with Crippen LogP contribution in [0.2, 0.25) is 0 Å². The van der Waals surface area contributed by atoms with Crippen LogP contribution in [0.3, 0.4) is 0 Å². The van der Waals surface area contributed by atoms with E-state index in [2.05, 4.69) is 34.4 Å². The van der Waals surface area contributed by atoms with Crippen molar-refractivity contribution in [3.63, 3.8) is 0 Å². The molecule has 0 atom stereocenters. The fraction of sp³-hybridized carbons (Fsp3) is 0.350. The van der Waals surface area contributed by atoms with Crippen LogP contribution in [0.4, 0.5) is 11.4 Å². The number of nitrogens with one attached hydrogen (secondary N) is 2. The molecule has 1 aromatic heterocycles. The Morgan fingerprint density at radius 1 is 1.07 bits per heavy atom. The molecule has 0 unspecified atom stereocenters. The third-order valence-corrected chi connectivity index (χ3v) is 4.10. The van der Waals surface area contributed by atoms with Crippen LogP contribution in [-0.2, 0) is 4.74 Å². The summed E-state index contributed by atoms with van der Waals surface area (Å²) in [7, 11) is 1.57. The second-order valence-corrected chi connectivity index (χ2v) is 5.85. The molecular weight excluding hydrogens is 344 g/mol. The summed E-state index contributed by atoms with van der Waals surface area (Å²) in [5, 5.41) is 5.52. The van der Waals surface area contributed by atoms with Gasteiger partial charge in [-0.3, -0.25) is 14.6 Å². The van der Waals surface area contributed by atoms with Gasteiger partial charge >= 0.3 is 0 Å². The number of amides is 2. The van der Waals surface area contributed by atoms with Gasteiger partial charge in [-0.15, -0.1) is 0 Å². The average Bonchev–Trinajstić information content (AvgIpc) is 2.70. The van der Waals surface area contributed by atoms with Crippen molar-refractivity contribution in [2.24, 2.45) is 0 Å². The Labute approximate surface area is 159 Å². The highest BCUT2D eigenvalue weighted by Gasteiger charge is 2.12. The highest BCUT2D eigenvalue weighted by atomic mass is 16.5. The molecule has 0 aliphatic heterocycles. The van der Waals surface area contributed by atoms with Gasteiger partial charge in [-0.05, 0) is 50.2 Å². The van der Waals surface area contributed by atoms with Crippen molar-refractivity contribution >= 4 is 23.2 Å². The Kier molecular flexibility index (Phi) is 7.76. The average molecular weight is 370 g/mol. The molecule has 7 heteroatoms. The van der Waals surface area contributed by atoms with Crippen LogP contribution < -0.4 is 15.5 Å². The summed E-state index contributed by atoms with van der Waals surface area (Å²) in [4.78, 5) is 30.8. The SMILES string of the molecule is CCN(CC)c1ccc(NC(=O)c2cc(C(=O)NCCOC)ccn2)cc1. The normalized spacial score (nSPS) is 10.3. The quantitative estimate of drug-likeness (QED) is 0.663. The van der Waals surface area contributed by atoms with E-state index in [0.29, 0.717) is 24.4 Å². The fourth-order valence-electron chi connectivity index (χ4n) is 2.60. The number of anilines is 2. The molecule has 144 valence electrons. The predicted molar refractivity (Wildman–Crippen MR) is 106 cm³/mol. The van der Waals surface area contributed by atoms with Gasteiger partial charge in [-0.1, -0.05) is 0 Å². The van der Waals surface area contributed by atoms with Gasteiger partial charge in [0, 0.05) is 49.9 Å². The Balaban J connectivity index is 2.03. The number of hydrogen-bond acceptors (Lipinski definition) is 5. The maximum Gasteiger partial charge on any atom is 0.274 e. The van der Waals surface area contributed by atoms with Gasteiger partial charge in [0.05, 0.1) is 6.61 Å². The molecule has 1 aromatic carbocycles. The van der Waals surface area contributed by atoms with E-state index in [1.54, 1.807) is 13.2 Å². The number of pyridine rings is 1. The van der Waals surface area contributed by atoms with Crippen LogP contribution in [0.15, 0.2) is 42.6 Å². The summed E-state index contributed by atoms with van der Waals surface area (Å²) >= 11 is 0. The predicted octanol–water partition coefficient (Wildman–Crippen LogP) is 2.56. The first-order valence-electron chi connectivity index (χ1n) is 8.98. The van der Waals surface area contributed by atoms with Gasteiger partial charge in [0.1, 0.15) is 5.69 Å². The first-order chi connectivity index (χ1) is 13.1. The minimum absolute atomic E-state index is 0.183. The summed E-state index contributed by atoms with van der Waals surface area (Å²) in [6.07, 6.45) is 1.45. The summed E-state index contributed by atoms with van der Waals surface area (Å²) in [5.74, 6) is -0.635. The largest absolute Gasteiger partial charge is 0.383 e. The molecular formula is C20H26N4O3. The second-order valence-electron chi connectivity index (χ2n) is 5.85. The van der Waals surface area contributed by atoms with Gasteiger partial charge < -0.3 is 20.3 Å². The summed E-state index contributed by atoms with van der Waals surface area (Å²) < 4.78 is 4.90. The van der Waals surface area contributed by atoms with E-state index in [4.69, 9.17) is 4.74 Å². The number of benzene rings is 1. The third-order valence-electron chi connectivity index (χ3n) is 4.10. The molecule has 0 aliphatic carbocycles. The number of hydrogen-bond donors (Lipinski definition) is 2. The van der Waals surface area contributed by atoms with Gasteiger partial charge in [-0.2, -0.15) is 0 Å². The second kappa shape index (κ2) is 10.3. The van der Waals surface area contributed by atoms with Crippen LogP contribution in [0.25, 0.3) is 0 Å². The van der Waals surface area contributed by atoms with Crippen LogP contribution in [0.5, 0.6) is 0 Å². The summed E-state index contributed by atoms with van der Waals surface area (Å²) in [6, 6.07) is 10.7. The van der Waals surface area contributed by atoms with Crippen LogP contribution in [0.1, 0.15) is 34.7 Å². The molecule has 0 saturated carbocycles. The van der Waals surface area contributed by atoms with E-state index < -0.39 is 0 Å². The number of carbonyl (C=O) groups is 2. The Bertz CT molecular complexity index is 758. The Hall–Kier alpha value is -2.93. The van der Waals surface area contributed by atoms with Crippen molar-refractivity contribution in [1.29, 1.82) is 0 Å². The number of methoxy groups -OCH3 is 1.